The van der Waals surface area contributed by atoms with Crippen molar-refractivity contribution in [1.82, 2.24) is 9.78 Å². The molecule has 2 heterocycles. The van der Waals surface area contributed by atoms with Gasteiger partial charge in [-0.1, -0.05) is 0 Å². The van der Waals surface area contributed by atoms with Gasteiger partial charge in [-0.25, -0.2) is 9.07 Å². The molecule has 1 aliphatic heterocycles. The number of alkyl halides is 3. The molecule has 0 atom stereocenters. The van der Waals surface area contributed by atoms with Crippen LogP contribution in [0.4, 0.5) is 23.2 Å². The van der Waals surface area contributed by atoms with Crippen LogP contribution in [0.2, 0.25) is 0 Å². The molecule has 2 aliphatic rings. The van der Waals surface area contributed by atoms with E-state index >= 15 is 0 Å². The van der Waals surface area contributed by atoms with Crippen LogP contribution >= 0.6 is 0 Å². The van der Waals surface area contributed by atoms with Crippen LogP contribution in [0.3, 0.4) is 0 Å². The van der Waals surface area contributed by atoms with Crippen LogP contribution in [-0.4, -0.2) is 16.5 Å². The standard InChI is InChI=1S/C17H15F4N3O/c1-10-8-25-9-23(10)12-4-5-14(13(18)6-12)24-15(11-2-3-11)7-16(22-24)17(19,20)21/h4-8,11H,2-3,9H2,1H3. The predicted molar refractivity (Wildman–Crippen MR) is 82.7 cm³/mol. The molecule has 0 spiro atoms. The highest BCUT2D eigenvalue weighted by Gasteiger charge is 2.38. The minimum Gasteiger partial charge on any atom is -0.479 e. The second-order valence-electron chi connectivity index (χ2n) is 6.26. The highest BCUT2D eigenvalue weighted by Crippen LogP contribution is 2.43. The zero-order chi connectivity index (χ0) is 17.8. The molecule has 132 valence electrons. The Morgan fingerprint density at radius 2 is 1.96 bits per heavy atom. The summed E-state index contributed by atoms with van der Waals surface area (Å²) in [5.41, 5.74) is 0.819. The number of hydrogen-bond acceptors (Lipinski definition) is 3. The molecule has 0 bridgehead atoms. The largest absolute Gasteiger partial charge is 0.479 e. The molecule has 8 heteroatoms. The van der Waals surface area contributed by atoms with Crippen molar-refractivity contribution >= 4 is 5.69 Å². The molecule has 1 aromatic heterocycles. The van der Waals surface area contributed by atoms with Gasteiger partial charge in [-0.2, -0.15) is 18.3 Å². The molecule has 4 rings (SSSR count). The number of halogens is 4. The first-order chi connectivity index (χ1) is 11.8. The van der Waals surface area contributed by atoms with Crippen LogP contribution in [0.15, 0.2) is 36.2 Å². The molecule has 25 heavy (non-hydrogen) atoms. The first-order valence-corrected chi connectivity index (χ1v) is 7.87. The van der Waals surface area contributed by atoms with Crippen molar-refractivity contribution in [3.8, 4) is 5.69 Å². The third-order valence-corrected chi connectivity index (χ3v) is 4.38. The minimum atomic E-state index is -4.56. The molecule has 2 aromatic rings. The predicted octanol–water partition coefficient (Wildman–Crippen LogP) is 4.56. The van der Waals surface area contributed by atoms with Gasteiger partial charge < -0.3 is 9.64 Å². The van der Waals surface area contributed by atoms with Gasteiger partial charge in [-0.15, -0.1) is 0 Å². The summed E-state index contributed by atoms with van der Waals surface area (Å²) in [6.45, 7) is 2.10. The Kier molecular flexibility index (Phi) is 3.52. The number of allylic oxidation sites excluding steroid dienone is 1. The molecule has 1 aromatic carbocycles. The summed E-state index contributed by atoms with van der Waals surface area (Å²) >= 11 is 0. The molecule has 1 aliphatic carbocycles. The van der Waals surface area contributed by atoms with Crippen LogP contribution in [0.25, 0.3) is 5.69 Å². The SMILES string of the molecule is CC1=COCN1c1ccc(-n2nc(C(F)(F)F)cc2C2CC2)c(F)c1. The van der Waals surface area contributed by atoms with Crippen LogP contribution in [-0.2, 0) is 10.9 Å². The molecular formula is C17H15F4N3O. The molecule has 4 nitrogen and oxygen atoms in total. The molecule has 0 N–H and O–H groups in total. The average Bonchev–Trinajstić information content (AvgIpc) is 3.13. The number of ether oxygens (including phenoxy) is 1. The summed E-state index contributed by atoms with van der Waals surface area (Å²) in [6.07, 6.45) is -1.41. The van der Waals surface area contributed by atoms with Crippen LogP contribution in [0, 0.1) is 5.82 Å². The lowest BCUT2D eigenvalue weighted by molar-refractivity contribution is -0.141. The quantitative estimate of drug-likeness (QED) is 0.758. The van der Waals surface area contributed by atoms with E-state index in [0.29, 0.717) is 11.4 Å². The monoisotopic (exact) mass is 353 g/mol. The number of nitrogens with zero attached hydrogens (tertiary/aromatic N) is 3. The Hall–Kier alpha value is -2.51. The van der Waals surface area contributed by atoms with E-state index < -0.39 is 17.7 Å². The van der Waals surface area contributed by atoms with E-state index in [0.717, 1.165) is 29.3 Å². The van der Waals surface area contributed by atoms with Crippen LogP contribution < -0.4 is 4.90 Å². The Morgan fingerprint density at radius 3 is 2.52 bits per heavy atom. The normalized spacial score (nSPS) is 17.6. The van der Waals surface area contributed by atoms with Gasteiger partial charge in [-0.05, 0) is 44.0 Å². The first-order valence-electron chi connectivity index (χ1n) is 7.87. The second kappa shape index (κ2) is 5.50. The fourth-order valence-corrected chi connectivity index (χ4v) is 2.91. The molecule has 0 amide bonds. The maximum Gasteiger partial charge on any atom is 0.435 e. The molecule has 0 radical (unpaired) electrons. The Bertz CT molecular complexity index is 852. The van der Waals surface area contributed by atoms with Gasteiger partial charge in [0, 0.05) is 17.3 Å². The number of hydrogen-bond donors (Lipinski definition) is 0. The number of anilines is 1. The summed E-state index contributed by atoms with van der Waals surface area (Å²) in [7, 11) is 0. The molecule has 0 saturated heterocycles. The summed E-state index contributed by atoms with van der Waals surface area (Å²) in [4.78, 5) is 1.76. The second-order valence-corrected chi connectivity index (χ2v) is 6.26. The zero-order valence-electron chi connectivity index (χ0n) is 13.3. The van der Waals surface area contributed by atoms with Gasteiger partial charge in [0.05, 0.1) is 5.70 Å². The lowest BCUT2D eigenvalue weighted by Gasteiger charge is -2.18. The highest BCUT2D eigenvalue weighted by molar-refractivity contribution is 5.56. The van der Waals surface area contributed by atoms with E-state index in [-0.39, 0.29) is 18.3 Å². The first kappa shape index (κ1) is 16.0. The van der Waals surface area contributed by atoms with Crippen molar-refractivity contribution in [2.45, 2.75) is 31.9 Å². The molecular weight excluding hydrogens is 338 g/mol. The summed E-state index contributed by atoms with van der Waals surface area (Å²) in [6, 6.07) is 5.41. The average molecular weight is 353 g/mol. The van der Waals surface area contributed by atoms with Crippen molar-refractivity contribution in [2.75, 3.05) is 11.6 Å². The Labute approximate surface area is 141 Å². The number of rotatable bonds is 3. The van der Waals surface area contributed by atoms with Crippen molar-refractivity contribution in [3.05, 3.63) is 53.4 Å². The van der Waals surface area contributed by atoms with E-state index in [2.05, 4.69) is 5.10 Å². The third kappa shape index (κ3) is 2.85. The van der Waals surface area contributed by atoms with Crippen LogP contribution in [0.1, 0.15) is 37.1 Å². The van der Waals surface area contributed by atoms with Gasteiger partial charge in [-0.3, -0.25) is 0 Å². The van der Waals surface area contributed by atoms with E-state index in [4.69, 9.17) is 4.74 Å². The van der Waals surface area contributed by atoms with Crippen LogP contribution in [0.5, 0.6) is 0 Å². The maximum atomic E-state index is 14.7. The lowest BCUT2D eigenvalue weighted by Crippen LogP contribution is -2.18. The maximum absolute atomic E-state index is 14.7. The minimum absolute atomic E-state index is 0.000151. The van der Waals surface area contributed by atoms with Gasteiger partial charge >= 0.3 is 6.18 Å². The van der Waals surface area contributed by atoms with Gasteiger partial charge in [0.15, 0.2) is 18.2 Å². The van der Waals surface area contributed by atoms with Gasteiger partial charge in [0.1, 0.15) is 11.9 Å². The van der Waals surface area contributed by atoms with Gasteiger partial charge in [0.2, 0.25) is 0 Å². The van der Waals surface area contributed by atoms with E-state index in [1.165, 1.54) is 12.1 Å². The smallest absolute Gasteiger partial charge is 0.435 e. The summed E-state index contributed by atoms with van der Waals surface area (Å²) < 4.78 is 59.9. The van der Waals surface area contributed by atoms with E-state index in [1.54, 1.807) is 17.2 Å². The summed E-state index contributed by atoms with van der Waals surface area (Å²) in [5, 5.41) is 3.62. The van der Waals surface area contributed by atoms with Crippen molar-refractivity contribution < 1.29 is 22.3 Å². The fourth-order valence-electron chi connectivity index (χ4n) is 2.91. The number of benzene rings is 1. The third-order valence-electron chi connectivity index (χ3n) is 4.38. The Balaban J connectivity index is 1.75. The molecule has 0 unspecified atom stereocenters. The summed E-state index contributed by atoms with van der Waals surface area (Å²) in [5.74, 6) is -0.629. The van der Waals surface area contributed by atoms with Gasteiger partial charge in [0.25, 0.3) is 0 Å². The van der Waals surface area contributed by atoms with Crippen molar-refractivity contribution in [1.29, 1.82) is 0 Å². The zero-order valence-corrected chi connectivity index (χ0v) is 13.3. The van der Waals surface area contributed by atoms with E-state index in [1.807, 2.05) is 6.92 Å². The molecule has 1 fully saturated rings. The van der Waals surface area contributed by atoms with E-state index in [9.17, 15) is 17.6 Å². The number of aromatic nitrogens is 2. The topological polar surface area (TPSA) is 30.3 Å². The lowest BCUT2D eigenvalue weighted by atomic mass is 10.2. The molecule has 1 saturated carbocycles. The van der Waals surface area contributed by atoms with Crippen molar-refractivity contribution in [2.24, 2.45) is 0 Å². The van der Waals surface area contributed by atoms with Crippen molar-refractivity contribution in [3.63, 3.8) is 0 Å². The Morgan fingerprint density at radius 1 is 1.20 bits per heavy atom. The fraction of sp³-hybridized carbons (Fsp3) is 0.353. The highest BCUT2D eigenvalue weighted by atomic mass is 19.4.